The van der Waals surface area contributed by atoms with E-state index in [1.54, 1.807) is 49.8 Å². The summed E-state index contributed by atoms with van der Waals surface area (Å²) in [6.45, 7) is 1.32. The van der Waals surface area contributed by atoms with E-state index in [0.29, 0.717) is 29.0 Å². The van der Waals surface area contributed by atoms with Gasteiger partial charge < -0.3 is 15.0 Å². The molecule has 0 bridgehead atoms. The van der Waals surface area contributed by atoms with E-state index in [4.69, 9.17) is 16.3 Å². The van der Waals surface area contributed by atoms with Crippen LogP contribution in [0.4, 0.5) is 16.0 Å². The van der Waals surface area contributed by atoms with Crippen molar-refractivity contribution in [3.8, 4) is 16.9 Å². The number of nitrogens with zero attached hydrogens (tertiary/aromatic N) is 3. The molecule has 1 atom stereocenters. The molecule has 0 spiro atoms. The number of ether oxygens (including phenoxy) is 1. The lowest BCUT2D eigenvalue weighted by Crippen LogP contribution is -2.41. The lowest BCUT2D eigenvalue weighted by atomic mass is 9.97. The first kappa shape index (κ1) is 21.1. The van der Waals surface area contributed by atoms with E-state index in [1.807, 2.05) is 4.90 Å². The van der Waals surface area contributed by atoms with Crippen LogP contribution in [0.15, 0.2) is 54.9 Å². The van der Waals surface area contributed by atoms with E-state index in [0.717, 1.165) is 30.5 Å². The maximum Gasteiger partial charge on any atom is 0.229 e. The molecule has 1 saturated heterocycles. The van der Waals surface area contributed by atoms with Crippen LogP contribution in [0.3, 0.4) is 0 Å². The maximum atomic E-state index is 13.1. The molecule has 2 aromatic carbocycles. The number of rotatable bonds is 5. The van der Waals surface area contributed by atoms with Crippen LogP contribution in [-0.4, -0.2) is 36.1 Å². The van der Waals surface area contributed by atoms with E-state index in [1.165, 1.54) is 12.1 Å². The Kier molecular flexibility index (Phi) is 6.32. The minimum atomic E-state index is -0.282. The molecule has 0 aliphatic carbocycles. The number of amides is 1. The van der Waals surface area contributed by atoms with Gasteiger partial charge in [0.25, 0.3) is 0 Å². The first-order valence-electron chi connectivity index (χ1n) is 10.0. The van der Waals surface area contributed by atoms with Crippen LogP contribution >= 0.6 is 11.6 Å². The fraction of sp³-hybridized carbons (Fsp3) is 0.261. The summed E-state index contributed by atoms with van der Waals surface area (Å²) in [5.74, 6) is 0.611. The van der Waals surface area contributed by atoms with E-state index in [9.17, 15) is 9.18 Å². The molecule has 31 heavy (non-hydrogen) atoms. The average molecular weight is 441 g/mol. The highest BCUT2D eigenvalue weighted by Crippen LogP contribution is 2.28. The number of nitrogens with one attached hydrogen (secondary N) is 1. The summed E-state index contributed by atoms with van der Waals surface area (Å²) in [5, 5.41) is 3.38. The van der Waals surface area contributed by atoms with E-state index in [2.05, 4.69) is 15.3 Å². The molecule has 1 aliphatic rings. The van der Waals surface area contributed by atoms with Crippen LogP contribution in [0.25, 0.3) is 11.1 Å². The quantitative estimate of drug-likeness (QED) is 0.617. The van der Waals surface area contributed by atoms with Gasteiger partial charge in [-0.2, -0.15) is 0 Å². The molecule has 2 heterocycles. The van der Waals surface area contributed by atoms with Crippen LogP contribution < -0.4 is 15.0 Å². The van der Waals surface area contributed by atoms with E-state index in [-0.39, 0.29) is 17.6 Å². The molecule has 1 aliphatic heterocycles. The highest BCUT2D eigenvalue weighted by Gasteiger charge is 2.27. The lowest BCUT2D eigenvalue weighted by molar-refractivity contribution is -0.120. The monoisotopic (exact) mass is 440 g/mol. The molecule has 160 valence electrons. The Morgan fingerprint density at radius 3 is 2.58 bits per heavy atom. The summed E-state index contributed by atoms with van der Waals surface area (Å²) >= 11 is 6.15. The molecule has 8 heteroatoms. The SMILES string of the molecule is COc1ccc(NC(=O)[C@@H]2CCCN(c3ncc(-c4ccc(F)cc4)cn3)C2)cc1Cl. The van der Waals surface area contributed by atoms with Crippen LogP contribution in [0, 0.1) is 11.7 Å². The minimum Gasteiger partial charge on any atom is -0.495 e. The van der Waals surface area contributed by atoms with E-state index >= 15 is 0 Å². The van der Waals surface area contributed by atoms with Gasteiger partial charge in [-0.3, -0.25) is 4.79 Å². The summed E-state index contributed by atoms with van der Waals surface area (Å²) in [4.78, 5) is 23.7. The zero-order chi connectivity index (χ0) is 21.8. The van der Waals surface area contributed by atoms with Crippen molar-refractivity contribution in [3.63, 3.8) is 0 Å². The summed E-state index contributed by atoms with van der Waals surface area (Å²) in [6.07, 6.45) is 5.10. The third kappa shape index (κ3) is 4.94. The molecule has 1 aromatic heterocycles. The number of halogens is 2. The van der Waals surface area contributed by atoms with Crippen molar-refractivity contribution in [2.24, 2.45) is 5.92 Å². The van der Waals surface area contributed by atoms with Crippen LogP contribution in [0.2, 0.25) is 5.02 Å². The first-order chi connectivity index (χ1) is 15.0. The highest BCUT2D eigenvalue weighted by molar-refractivity contribution is 6.32. The molecule has 6 nitrogen and oxygen atoms in total. The van der Waals surface area contributed by atoms with Gasteiger partial charge in [-0.15, -0.1) is 0 Å². The molecule has 1 N–H and O–H groups in total. The zero-order valence-electron chi connectivity index (χ0n) is 17.0. The van der Waals surface area contributed by atoms with Gasteiger partial charge in [-0.05, 0) is 48.7 Å². The van der Waals surface area contributed by atoms with Crippen molar-refractivity contribution in [2.75, 3.05) is 30.4 Å². The summed E-state index contributed by atoms with van der Waals surface area (Å²) in [6, 6.07) is 11.4. The standard InChI is InChI=1S/C23H22ClFN4O2/c1-31-21-9-8-19(11-20(21)24)28-22(30)16-3-2-10-29(14-16)23-26-12-17(13-27-23)15-4-6-18(25)7-5-15/h4-9,11-13,16H,2-3,10,14H2,1H3,(H,28,30)/t16-/m1/s1. The molecule has 0 radical (unpaired) electrons. The Balaban J connectivity index is 1.41. The first-order valence-corrected chi connectivity index (χ1v) is 10.4. The largest absolute Gasteiger partial charge is 0.495 e. The van der Waals surface area contributed by atoms with Gasteiger partial charge in [0, 0.05) is 36.7 Å². The van der Waals surface area contributed by atoms with Gasteiger partial charge in [0.1, 0.15) is 11.6 Å². The molecule has 1 amide bonds. The minimum absolute atomic E-state index is 0.0612. The van der Waals surface area contributed by atoms with Crippen molar-refractivity contribution in [1.29, 1.82) is 0 Å². The summed E-state index contributed by atoms with van der Waals surface area (Å²) in [5.41, 5.74) is 2.29. The van der Waals surface area contributed by atoms with Crippen molar-refractivity contribution in [3.05, 3.63) is 65.7 Å². The molecular formula is C23H22ClFN4O2. The van der Waals surface area contributed by atoms with Crippen LogP contribution in [0.5, 0.6) is 5.75 Å². The second kappa shape index (κ2) is 9.31. The van der Waals surface area contributed by atoms with Crippen molar-refractivity contribution < 1.29 is 13.9 Å². The Hall–Kier alpha value is -3.19. The number of hydrogen-bond acceptors (Lipinski definition) is 5. The van der Waals surface area contributed by atoms with Crippen molar-refractivity contribution in [1.82, 2.24) is 9.97 Å². The number of benzene rings is 2. The van der Waals surface area contributed by atoms with Crippen molar-refractivity contribution >= 4 is 29.1 Å². The van der Waals surface area contributed by atoms with Gasteiger partial charge in [0.05, 0.1) is 18.1 Å². The van der Waals surface area contributed by atoms with Gasteiger partial charge in [0.2, 0.25) is 11.9 Å². The molecule has 1 fully saturated rings. The number of aromatic nitrogens is 2. The number of carbonyl (C=O) groups is 1. The van der Waals surface area contributed by atoms with Gasteiger partial charge in [-0.1, -0.05) is 23.7 Å². The summed E-state index contributed by atoms with van der Waals surface area (Å²) < 4.78 is 18.3. The van der Waals surface area contributed by atoms with E-state index < -0.39 is 0 Å². The Bertz CT molecular complexity index is 1060. The molecule has 0 saturated carbocycles. The second-order valence-electron chi connectivity index (χ2n) is 7.40. The predicted molar refractivity (Wildman–Crippen MR) is 119 cm³/mol. The van der Waals surface area contributed by atoms with Crippen LogP contribution in [0.1, 0.15) is 12.8 Å². The van der Waals surface area contributed by atoms with Crippen molar-refractivity contribution in [2.45, 2.75) is 12.8 Å². The average Bonchev–Trinajstić information content (AvgIpc) is 2.80. The predicted octanol–water partition coefficient (Wildman–Crippen LogP) is 4.80. The Labute approximate surface area is 185 Å². The van der Waals surface area contributed by atoms with Gasteiger partial charge >= 0.3 is 0 Å². The fourth-order valence-corrected chi connectivity index (χ4v) is 3.89. The maximum absolute atomic E-state index is 13.1. The second-order valence-corrected chi connectivity index (χ2v) is 7.81. The number of anilines is 2. The fourth-order valence-electron chi connectivity index (χ4n) is 3.64. The van der Waals surface area contributed by atoms with Crippen LogP contribution in [-0.2, 0) is 4.79 Å². The number of carbonyl (C=O) groups excluding carboxylic acids is 1. The third-order valence-corrected chi connectivity index (χ3v) is 5.61. The molecule has 4 rings (SSSR count). The zero-order valence-corrected chi connectivity index (χ0v) is 17.8. The summed E-state index contributed by atoms with van der Waals surface area (Å²) in [7, 11) is 1.55. The molecule has 3 aromatic rings. The molecule has 0 unspecified atom stereocenters. The van der Waals surface area contributed by atoms with Gasteiger partial charge in [-0.25, -0.2) is 14.4 Å². The number of hydrogen-bond donors (Lipinski definition) is 1. The highest BCUT2D eigenvalue weighted by atomic mass is 35.5. The third-order valence-electron chi connectivity index (χ3n) is 5.31. The smallest absolute Gasteiger partial charge is 0.229 e. The van der Waals surface area contributed by atoms with Gasteiger partial charge in [0.15, 0.2) is 0 Å². The normalized spacial score (nSPS) is 16.1. The Morgan fingerprint density at radius 1 is 1.16 bits per heavy atom. The number of methoxy groups -OCH3 is 1. The topological polar surface area (TPSA) is 67.3 Å². The lowest BCUT2D eigenvalue weighted by Gasteiger charge is -2.32. The Morgan fingerprint density at radius 2 is 1.90 bits per heavy atom. The number of piperidine rings is 1. The molecular weight excluding hydrogens is 419 g/mol.